The highest BCUT2D eigenvalue weighted by Gasteiger charge is 2.40. The first kappa shape index (κ1) is 12.0. The number of aryl methyl sites for hydroxylation is 1. The summed E-state index contributed by atoms with van der Waals surface area (Å²) in [4.78, 5) is 0. The van der Waals surface area contributed by atoms with Gasteiger partial charge in [0.1, 0.15) is 11.9 Å². The lowest BCUT2D eigenvalue weighted by atomic mass is 9.88. The summed E-state index contributed by atoms with van der Waals surface area (Å²) in [5.41, 5.74) is 1.63. The highest BCUT2D eigenvalue weighted by molar-refractivity contribution is 5.44. The first-order chi connectivity index (χ1) is 8.71. The molecule has 3 heteroatoms. The fraction of sp³-hybridized carbons (Fsp3) is 0.600. The Morgan fingerprint density at radius 3 is 2.94 bits per heavy atom. The maximum Gasteiger partial charge on any atom is 0.128 e. The molecule has 3 nitrogen and oxygen atoms in total. The summed E-state index contributed by atoms with van der Waals surface area (Å²) in [6.07, 6.45) is 3.41. The Balaban J connectivity index is 1.96. The van der Waals surface area contributed by atoms with Gasteiger partial charge in [-0.3, -0.25) is 0 Å². The first-order valence-electron chi connectivity index (χ1n) is 6.77. The van der Waals surface area contributed by atoms with Crippen molar-refractivity contribution in [3.8, 4) is 5.75 Å². The summed E-state index contributed by atoms with van der Waals surface area (Å²) in [6, 6.07) is 6.05. The number of benzene rings is 1. The topological polar surface area (TPSA) is 38.7 Å². The minimum absolute atomic E-state index is 0.462. The number of rotatable bonds is 2. The van der Waals surface area contributed by atoms with Crippen LogP contribution in [0.25, 0.3) is 0 Å². The summed E-state index contributed by atoms with van der Waals surface area (Å²) in [6.45, 7) is 3.48. The summed E-state index contributed by atoms with van der Waals surface area (Å²) in [7, 11) is 0. The van der Waals surface area contributed by atoms with Gasteiger partial charge in [0.25, 0.3) is 0 Å². The van der Waals surface area contributed by atoms with Crippen LogP contribution in [0.2, 0.25) is 0 Å². The van der Waals surface area contributed by atoms with E-state index < -0.39 is 11.7 Å². The molecule has 0 bridgehead atoms. The average molecular weight is 248 g/mol. The highest BCUT2D eigenvalue weighted by atomic mass is 16.5. The summed E-state index contributed by atoms with van der Waals surface area (Å²) < 4.78 is 11.5. The Kier molecular flexibility index (Phi) is 3.04. The molecule has 98 valence electrons. The molecule has 2 aliphatic heterocycles. The van der Waals surface area contributed by atoms with Gasteiger partial charge in [-0.25, -0.2) is 0 Å². The molecule has 1 fully saturated rings. The van der Waals surface area contributed by atoms with E-state index in [4.69, 9.17) is 9.47 Å². The molecule has 0 spiro atoms. The van der Waals surface area contributed by atoms with Crippen molar-refractivity contribution >= 4 is 0 Å². The lowest BCUT2D eigenvalue weighted by molar-refractivity contribution is -0.0805. The van der Waals surface area contributed by atoms with Crippen molar-refractivity contribution in [3.63, 3.8) is 0 Å². The van der Waals surface area contributed by atoms with Gasteiger partial charge in [-0.15, -0.1) is 0 Å². The van der Waals surface area contributed by atoms with Crippen LogP contribution >= 0.6 is 0 Å². The minimum atomic E-state index is -0.604. The Bertz CT molecular complexity index is 435. The second-order valence-electron chi connectivity index (χ2n) is 5.45. The number of aliphatic hydroxyl groups excluding tert-OH is 1. The molecule has 18 heavy (non-hydrogen) atoms. The van der Waals surface area contributed by atoms with E-state index in [0.29, 0.717) is 0 Å². The van der Waals surface area contributed by atoms with Crippen LogP contribution in [-0.2, 0) is 11.2 Å². The maximum absolute atomic E-state index is 10.6. The third-order valence-electron chi connectivity index (χ3n) is 4.09. The van der Waals surface area contributed by atoms with Crippen molar-refractivity contribution in [3.05, 3.63) is 29.3 Å². The first-order valence-corrected chi connectivity index (χ1v) is 6.77. The van der Waals surface area contributed by atoms with E-state index in [9.17, 15) is 5.11 Å². The summed E-state index contributed by atoms with van der Waals surface area (Å²) >= 11 is 0. The number of hydrogen-bond donors (Lipinski definition) is 1. The zero-order valence-corrected chi connectivity index (χ0v) is 10.8. The van der Waals surface area contributed by atoms with Crippen LogP contribution < -0.4 is 4.74 Å². The standard InChI is InChI=1S/C15H20O3/c1-15(8-4-10-18-15)14(16)12-7-2-5-11-6-3-9-17-13(11)12/h2,5,7,14,16H,3-4,6,8-10H2,1H3. The monoisotopic (exact) mass is 248 g/mol. The Morgan fingerprint density at radius 1 is 1.28 bits per heavy atom. The van der Waals surface area contributed by atoms with Crippen LogP contribution in [0.1, 0.15) is 43.4 Å². The molecule has 2 unspecified atom stereocenters. The number of fused-ring (bicyclic) bond motifs is 1. The quantitative estimate of drug-likeness (QED) is 0.874. The SMILES string of the molecule is CC1(C(O)c2cccc3c2OCCC3)CCCO1. The largest absolute Gasteiger partial charge is 0.493 e. The molecule has 2 aliphatic rings. The van der Waals surface area contributed by atoms with Crippen molar-refractivity contribution in [1.29, 1.82) is 0 Å². The van der Waals surface area contributed by atoms with Gasteiger partial charge in [0.15, 0.2) is 0 Å². The van der Waals surface area contributed by atoms with Gasteiger partial charge in [-0.05, 0) is 38.2 Å². The fourth-order valence-corrected chi connectivity index (χ4v) is 2.98. The molecule has 0 aliphatic carbocycles. The summed E-state index contributed by atoms with van der Waals surface area (Å²) in [5, 5.41) is 10.6. The van der Waals surface area contributed by atoms with E-state index in [2.05, 4.69) is 6.07 Å². The molecule has 1 aromatic carbocycles. The van der Waals surface area contributed by atoms with E-state index in [1.165, 1.54) is 5.56 Å². The van der Waals surface area contributed by atoms with Crippen LogP contribution in [0.15, 0.2) is 18.2 Å². The molecule has 2 atom stereocenters. The highest BCUT2D eigenvalue weighted by Crippen LogP contribution is 2.42. The minimum Gasteiger partial charge on any atom is -0.493 e. The Hall–Kier alpha value is -1.06. The normalized spacial score (nSPS) is 28.6. The number of ether oxygens (including phenoxy) is 2. The van der Waals surface area contributed by atoms with Crippen molar-refractivity contribution < 1.29 is 14.6 Å². The molecule has 0 saturated carbocycles. The lowest BCUT2D eigenvalue weighted by Gasteiger charge is -2.32. The third kappa shape index (κ3) is 1.91. The van der Waals surface area contributed by atoms with E-state index in [1.54, 1.807) is 0 Å². The maximum atomic E-state index is 10.6. The van der Waals surface area contributed by atoms with E-state index in [0.717, 1.165) is 50.2 Å². The predicted molar refractivity (Wildman–Crippen MR) is 68.8 cm³/mol. The Labute approximate surface area is 108 Å². The average Bonchev–Trinajstić information content (AvgIpc) is 2.85. The molecular weight excluding hydrogens is 228 g/mol. The number of para-hydroxylation sites is 1. The molecule has 1 aromatic rings. The molecule has 0 aromatic heterocycles. The number of aliphatic hydroxyl groups is 1. The van der Waals surface area contributed by atoms with Crippen LogP contribution in [0.4, 0.5) is 0 Å². The fourth-order valence-electron chi connectivity index (χ4n) is 2.98. The van der Waals surface area contributed by atoms with Gasteiger partial charge in [0.05, 0.1) is 12.2 Å². The zero-order chi connectivity index (χ0) is 12.6. The molecule has 2 heterocycles. The molecule has 1 N–H and O–H groups in total. The van der Waals surface area contributed by atoms with Crippen molar-refractivity contribution in [2.45, 2.75) is 44.3 Å². The van der Waals surface area contributed by atoms with Gasteiger partial charge in [0.2, 0.25) is 0 Å². The lowest BCUT2D eigenvalue weighted by Crippen LogP contribution is -2.32. The third-order valence-corrected chi connectivity index (χ3v) is 4.09. The zero-order valence-electron chi connectivity index (χ0n) is 10.8. The van der Waals surface area contributed by atoms with Crippen molar-refractivity contribution in [1.82, 2.24) is 0 Å². The summed E-state index contributed by atoms with van der Waals surface area (Å²) in [5.74, 6) is 0.882. The van der Waals surface area contributed by atoms with Crippen molar-refractivity contribution in [2.24, 2.45) is 0 Å². The van der Waals surface area contributed by atoms with Crippen LogP contribution in [0, 0.1) is 0 Å². The number of hydrogen-bond acceptors (Lipinski definition) is 3. The molecule has 0 amide bonds. The van der Waals surface area contributed by atoms with Crippen LogP contribution in [0.5, 0.6) is 5.75 Å². The van der Waals surface area contributed by atoms with Gasteiger partial charge in [0, 0.05) is 12.2 Å². The van der Waals surface area contributed by atoms with E-state index in [-0.39, 0.29) is 0 Å². The molecule has 1 saturated heterocycles. The van der Waals surface area contributed by atoms with Gasteiger partial charge >= 0.3 is 0 Å². The van der Waals surface area contributed by atoms with Crippen LogP contribution in [-0.4, -0.2) is 23.9 Å². The molecular formula is C15H20O3. The van der Waals surface area contributed by atoms with E-state index in [1.807, 2.05) is 19.1 Å². The van der Waals surface area contributed by atoms with Crippen LogP contribution in [0.3, 0.4) is 0 Å². The Morgan fingerprint density at radius 2 is 2.17 bits per heavy atom. The van der Waals surface area contributed by atoms with E-state index >= 15 is 0 Å². The predicted octanol–water partition coefficient (Wildman–Crippen LogP) is 2.61. The van der Waals surface area contributed by atoms with Gasteiger partial charge in [-0.2, -0.15) is 0 Å². The van der Waals surface area contributed by atoms with Gasteiger partial charge < -0.3 is 14.6 Å². The smallest absolute Gasteiger partial charge is 0.128 e. The second-order valence-corrected chi connectivity index (χ2v) is 5.45. The van der Waals surface area contributed by atoms with Crippen molar-refractivity contribution in [2.75, 3.05) is 13.2 Å². The second kappa shape index (κ2) is 4.56. The molecule has 3 rings (SSSR count). The van der Waals surface area contributed by atoms with Gasteiger partial charge in [-0.1, -0.05) is 18.2 Å². The molecule has 0 radical (unpaired) electrons.